The molecule has 0 aromatic heterocycles. The minimum Gasteiger partial charge on any atom is -0.484 e. The largest absolute Gasteiger partial charge is 0.484 e. The zero-order valence-corrected chi connectivity index (χ0v) is 6.39. The third kappa shape index (κ3) is 1.12. The van der Waals surface area contributed by atoms with E-state index in [9.17, 15) is 4.79 Å². The highest BCUT2D eigenvalue weighted by Crippen LogP contribution is 2.11. The molecule has 1 heterocycles. The first-order valence-corrected chi connectivity index (χ1v) is 3.26. The molecule has 1 rings (SSSR count). The Morgan fingerprint density at radius 3 is 2.60 bits per heavy atom. The molecule has 0 bridgehead atoms. The number of ether oxygens (including phenoxy) is 1. The Morgan fingerprint density at radius 2 is 2.10 bits per heavy atom. The lowest BCUT2D eigenvalue weighted by Crippen LogP contribution is -2.37. The third-order valence-electron chi connectivity index (χ3n) is 1.56. The molecule has 0 radical (unpaired) electrons. The molecule has 0 spiro atoms. The Labute approximate surface area is 60.1 Å². The summed E-state index contributed by atoms with van der Waals surface area (Å²) in [6, 6.07) is 0. The topological polar surface area (TPSA) is 38.3 Å². The van der Waals surface area contributed by atoms with Gasteiger partial charge in [0, 0.05) is 0 Å². The van der Waals surface area contributed by atoms with E-state index in [-0.39, 0.29) is 12.0 Å². The second-order valence-electron chi connectivity index (χ2n) is 2.43. The molecule has 0 unspecified atom stereocenters. The van der Waals surface area contributed by atoms with Crippen molar-refractivity contribution in [3.63, 3.8) is 0 Å². The van der Waals surface area contributed by atoms with Crippen LogP contribution in [0.4, 0.5) is 0 Å². The van der Waals surface area contributed by atoms with Crippen LogP contribution < -0.4 is 5.32 Å². The number of amides is 1. The number of hydrogen-bond acceptors (Lipinski definition) is 2. The van der Waals surface area contributed by atoms with Crippen LogP contribution in [0, 0.1) is 0 Å². The van der Waals surface area contributed by atoms with E-state index in [1.807, 2.05) is 13.8 Å². The van der Waals surface area contributed by atoms with E-state index in [0.717, 1.165) is 11.5 Å². The molecule has 1 N–H and O–H groups in total. The number of rotatable bonds is 0. The van der Waals surface area contributed by atoms with Crippen LogP contribution in [-0.4, -0.2) is 12.0 Å². The monoisotopic (exact) mass is 141 g/mol. The molecule has 1 aliphatic heterocycles. The van der Waals surface area contributed by atoms with Crippen LogP contribution >= 0.6 is 0 Å². The first kappa shape index (κ1) is 7.12. The molecule has 10 heavy (non-hydrogen) atoms. The molecular weight excluding hydrogens is 130 g/mol. The van der Waals surface area contributed by atoms with Gasteiger partial charge >= 0.3 is 0 Å². The minimum absolute atomic E-state index is 0.0666. The van der Waals surface area contributed by atoms with Gasteiger partial charge in [-0.3, -0.25) is 4.79 Å². The maximum Gasteiger partial charge on any atom is 0.264 e. The summed E-state index contributed by atoms with van der Waals surface area (Å²) in [5.74, 6) is 0.732. The van der Waals surface area contributed by atoms with E-state index < -0.39 is 0 Å². The lowest BCUT2D eigenvalue weighted by atomic mass is 10.3. The SMILES string of the molecule is CC1=C(C)O[C@@H](C)C(=O)N1. The summed E-state index contributed by atoms with van der Waals surface area (Å²) in [4.78, 5) is 10.9. The van der Waals surface area contributed by atoms with Gasteiger partial charge in [-0.2, -0.15) is 0 Å². The van der Waals surface area contributed by atoms with Crippen LogP contribution in [0.3, 0.4) is 0 Å². The van der Waals surface area contributed by atoms with Crippen LogP contribution in [-0.2, 0) is 9.53 Å². The zero-order chi connectivity index (χ0) is 7.72. The summed E-state index contributed by atoms with van der Waals surface area (Å²) in [5.41, 5.74) is 0.808. The molecule has 3 heteroatoms. The lowest BCUT2D eigenvalue weighted by molar-refractivity contribution is -0.130. The van der Waals surface area contributed by atoms with Crippen LogP contribution in [0.25, 0.3) is 0 Å². The molecule has 1 aliphatic rings. The summed E-state index contributed by atoms with van der Waals surface area (Å²) < 4.78 is 5.18. The van der Waals surface area contributed by atoms with Crippen molar-refractivity contribution >= 4 is 5.91 Å². The number of allylic oxidation sites excluding steroid dienone is 2. The molecule has 1 atom stereocenters. The van der Waals surface area contributed by atoms with Gasteiger partial charge in [0.05, 0.1) is 5.70 Å². The maximum absolute atomic E-state index is 10.9. The number of hydrogen-bond donors (Lipinski definition) is 1. The fourth-order valence-electron chi connectivity index (χ4n) is 0.782. The molecule has 1 amide bonds. The second kappa shape index (κ2) is 2.33. The van der Waals surface area contributed by atoms with Gasteiger partial charge in [-0.1, -0.05) is 0 Å². The molecule has 0 aromatic carbocycles. The predicted octanol–water partition coefficient (Wildman–Crippen LogP) is 0.773. The van der Waals surface area contributed by atoms with E-state index >= 15 is 0 Å². The van der Waals surface area contributed by atoms with Gasteiger partial charge in [-0.25, -0.2) is 0 Å². The molecule has 3 nitrogen and oxygen atoms in total. The van der Waals surface area contributed by atoms with Crippen molar-refractivity contribution in [3.8, 4) is 0 Å². The smallest absolute Gasteiger partial charge is 0.264 e. The van der Waals surface area contributed by atoms with Gasteiger partial charge in [-0.15, -0.1) is 0 Å². The number of carbonyl (C=O) groups is 1. The Morgan fingerprint density at radius 1 is 1.50 bits per heavy atom. The van der Waals surface area contributed by atoms with Crippen molar-refractivity contribution in [1.29, 1.82) is 0 Å². The van der Waals surface area contributed by atoms with Gasteiger partial charge < -0.3 is 10.1 Å². The quantitative estimate of drug-likeness (QED) is 0.541. The minimum atomic E-state index is -0.344. The average Bonchev–Trinajstić information content (AvgIpc) is 1.84. The highest BCUT2D eigenvalue weighted by atomic mass is 16.5. The first-order valence-electron chi connectivity index (χ1n) is 3.26. The lowest BCUT2D eigenvalue weighted by Gasteiger charge is -2.22. The van der Waals surface area contributed by atoms with Crippen molar-refractivity contribution < 1.29 is 9.53 Å². The third-order valence-corrected chi connectivity index (χ3v) is 1.56. The molecular formula is C7H11NO2. The van der Waals surface area contributed by atoms with Crippen LogP contribution in [0.5, 0.6) is 0 Å². The Balaban J connectivity index is 2.79. The van der Waals surface area contributed by atoms with Gasteiger partial charge in [-0.05, 0) is 20.8 Å². The maximum atomic E-state index is 10.9. The Kier molecular flexibility index (Phi) is 1.66. The average molecular weight is 141 g/mol. The number of carbonyl (C=O) groups excluding carboxylic acids is 1. The number of nitrogens with one attached hydrogen (secondary N) is 1. The van der Waals surface area contributed by atoms with Crippen molar-refractivity contribution in [1.82, 2.24) is 5.32 Å². The second-order valence-corrected chi connectivity index (χ2v) is 2.43. The van der Waals surface area contributed by atoms with Crippen LogP contribution in [0.1, 0.15) is 20.8 Å². The van der Waals surface area contributed by atoms with Crippen molar-refractivity contribution in [2.45, 2.75) is 26.9 Å². The van der Waals surface area contributed by atoms with E-state index in [4.69, 9.17) is 4.74 Å². The van der Waals surface area contributed by atoms with Gasteiger partial charge in [0.25, 0.3) is 5.91 Å². The van der Waals surface area contributed by atoms with E-state index in [1.54, 1.807) is 6.92 Å². The molecule has 0 aromatic rings. The molecule has 56 valence electrons. The molecule has 0 aliphatic carbocycles. The van der Waals surface area contributed by atoms with Crippen LogP contribution in [0.15, 0.2) is 11.5 Å². The van der Waals surface area contributed by atoms with E-state index in [1.165, 1.54) is 0 Å². The van der Waals surface area contributed by atoms with Crippen molar-refractivity contribution in [2.24, 2.45) is 0 Å². The van der Waals surface area contributed by atoms with Gasteiger partial charge in [0.2, 0.25) is 0 Å². The normalized spacial score (nSPS) is 25.9. The van der Waals surface area contributed by atoms with Crippen molar-refractivity contribution in [3.05, 3.63) is 11.5 Å². The molecule has 0 saturated heterocycles. The van der Waals surface area contributed by atoms with E-state index in [2.05, 4.69) is 5.32 Å². The van der Waals surface area contributed by atoms with Crippen LogP contribution in [0.2, 0.25) is 0 Å². The summed E-state index contributed by atoms with van der Waals surface area (Å²) in [5, 5.41) is 2.69. The Bertz CT molecular complexity index is 196. The molecule has 0 saturated carbocycles. The first-order chi connectivity index (χ1) is 4.61. The summed E-state index contributed by atoms with van der Waals surface area (Å²) in [7, 11) is 0. The van der Waals surface area contributed by atoms with Gasteiger partial charge in [0.1, 0.15) is 5.76 Å². The summed E-state index contributed by atoms with van der Waals surface area (Å²) in [6.45, 7) is 5.38. The predicted molar refractivity (Wildman–Crippen MR) is 37.1 cm³/mol. The fraction of sp³-hybridized carbons (Fsp3) is 0.571. The Hall–Kier alpha value is -0.990. The molecule has 0 fully saturated rings. The summed E-state index contributed by atoms with van der Waals surface area (Å²) in [6.07, 6.45) is -0.344. The van der Waals surface area contributed by atoms with Crippen molar-refractivity contribution in [2.75, 3.05) is 0 Å². The standard InChI is InChI=1S/C7H11NO2/c1-4-5(2)10-6(3)7(9)8-4/h6H,1-3H3,(H,8,9)/t6-/m0/s1. The van der Waals surface area contributed by atoms with Gasteiger partial charge in [0.15, 0.2) is 6.10 Å². The zero-order valence-electron chi connectivity index (χ0n) is 6.39. The summed E-state index contributed by atoms with van der Waals surface area (Å²) >= 11 is 0. The fourth-order valence-corrected chi connectivity index (χ4v) is 0.782. The van der Waals surface area contributed by atoms with E-state index in [0.29, 0.717) is 0 Å². The highest BCUT2D eigenvalue weighted by molar-refractivity contribution is 5.82. The highest BCUT2D eigenvalue weighted by Gasteiger charge is 2.20.